The molecular formula is C18H21ClN4O4S. The first-order valence-corrected chi connectivity index (χ1v) is 10.7. The predicted molar refractivity (Wildman–Crippen MR) is 108 cm³/mol. The molecule has 2 heterocycles. The number of nitrogens with zero attached hydrogens (tertiary/aromatic N) is 4. The second kappa shape index (κ2) is 7.48. The van der Waals surface area contributed by atoms with Gasteiger partial charge in [0.2, 0.25) is 10.0 Å². The van der Waals surface area contributed by atoms with Crippen LogP contribution in [-0.4, -0.2) is 50.6 Å². The number of carboxylic acid groups (broad SMARTS) is 1. The van der Waals surface area contributed by atoms with Gasteiger partial charge >= 0.3 is 6.09 Å². The van der Waals surface area contributed by atoms with Crippen LogP contribution in [0, 0.1) is 6.92 Å². The molecule has 0 aliphatic rings. The van der Waals surface area contributed by atoms with E-state index in [0.717, 1.165) is 22.3 Å². The molecule has 150 valence electrons. The lowest BCUT2D eigenvalue weighted by Gasteiger charge is -2.17. The third-order valence-electron chi connectivity index (χ3n) is 4.64. The SMILES string of the molecule is CCN(C(=O)O)S(=O)(=O)CCc1c(C)nn(C)c1-n1ccc2cc(Cl)ccc21. The number of benzene rings is 1. The molecule has 0 spiro atoms. The maximum Gasteiger partial charge on any atom is 0.421 e. The van der Waals surface area contributed by atoms with Crippen molar-refractivity contribution in [3.8, 4) is 5.82 Å². The highest BCUT2D eigenvalue weighted by atomic mass is 35.5. The molecule has 0 bridgehead atoms. The quantitative estimate of drug-likeness (QED) is 0.655. The van der Waals surface area contributed by atoms with Crippen LogP contribution in [-0.2, 0) is 23.5 Å². The third-order valence-corrected chi connectivity index (χ3v) is 6.68. The first kappa shape index (κ1) is 20.2. The Bertz CT molecular complexity index is 1150. The van der Waals surface area contributed by atoms with Gasteiger partial charge in [-0.2, -0.15) is 5.10 Å². The van der Waals surface area contributed by atoms with Crippen molar-refractivity contribution in [1.82, 2.24) is 18.7 Å². The number of halogens is 1. The summed E-state index contributed by atoms with van der Waals surface area (Å²) in [5.41, 5.74) is 2.36. The van der Waals surface area contributed by atoms with Gasteiger partial charge in [0.05, 0.1) is 17.0 Å². The number of aromatic nitrogens is 3. The van der Waals surface area contributed by atoms with Crippen LogP contribution in [0.3, 0.4) is 0 Å². The summed E-state index contributed by atoms with van der Waals surface area (Å²) in [6.45, 7) is 3.17. The van der Waals surface area contributed by atoms with E-state index in [1.807, 2.05) is 35.9 Å². The van der Waals surface area contributed by atoms with Gasteiger partial charge in [0.1, 0.15) is 5.82 Å². The molecule has 3 aromatic rings. The minimum atomic E-state index is -3.94. The molecule has 0 unspecified atom stereocenters. The molecule has 8 nitrogen and oxygen atoms in total. The molecule has 1 aromatic carbocycles. The molecule has 0 radical (unpaired) electrons. The predicted octanol–water partition coefficient (Wildman–Crippen LogP) is 3.20. The van der Waals surface area contributed by atoms with E-state index in [2.05, 4.69) is 5.10 Å². The third kappa shape index (κ3) is 3.59. The summed E-state index contributed by atoms with van der Waals surface area (Å²) < 4.78 is 29.0. The van der Waals surface area contributed by atoms with Crippen molar-refractivity contribution < 1.29 is 18.3 Å². The highest BCUT2D eigenvalue weighted by Crippen LogP contribution is 2.27. The largest absolute Gasteiger partial charge is 0.464 e. The Hall–Kier alpha value is -2.52. The van der Waals surface area contributed by atoms with Crippen molar-refractivity contribution in [2.24, 2.45) is 7.05 Å². The number of rotatable bonds is 6. The van der Waals surface area contributed by atoms with Gasteiger partial charge in [-0.05, 0) is 44.5 Å². The van der Waals surface area contributed by atoms with Crippen LogP contribution in [0.15, 0.2) is 30.5 Å². The lowest BCUT2D eigenvalue weighted by Crippen LogP contribution is -2.37. The molecular weight excluding hydrogens is 404 g/mol. The molecule has 1 amide bonds. The average Bonchev–Trinajstić information content (AvgIpc) is 3.12. The number of fused-ring (bicyclic) bond motifs is 1. The van der Waals surface area contributed by atoms with E-state index in [9.17, 15) is 13.2 Å². The molecule has 10 heteroatoms. The molecule has 0 saturated carbocycles. The minimum absolute atomic E-state index is 0.125. The van der Waals surface area contributed by atoms with Gasteiger partial charge < -0.3 is 9.67 Å². The highest BCUT2D eigenvalue weighted by molar-refractivity contribution is 7.89. The van der Waals surface area contributed by atoms with E-state index in [4.69, 9.17) is 16.7 Å². The summed E-state index contributed by atoms with van der Waals surface area (Å²) in [6.07, 6.45) is 0.554. The van der Waals surface area contributed by atoms with Crippen LogP contribution < -0.4 is 0 Å². The first-order valence-electron chi connectivity index (χ1n) is 8.68. The Kier molecular flexibility index (Phi) is 5.40. The number of hydrogen-bond acceptors (Lipinski definition) is 4. The molecule has 2 aromatic heterocycles. The zero-order valence-electron chi connectivity index (χ0n) is 15.8. The van der Waals surface area contributed by atoms with E-state index >= 15 is 0 Å². The first-order chi connectivity index (χ1) is 13.2. The summed E-state index contributed by atoms with van der Waals surface area (Å²) in [5.74, 6) is 0.418. The summed E-state index contributed by atoms with van der Waals surface area (Å²) in [5, 5.41) is 15.1. The van der Waals surface area contributed by atoms with Gasteiger partial charge in [-0.15, -0.1) is 0 Å². The molecule has 1 N–H and O–H groups in total. The summed E-state index contributed by atoms with van der Waals surface area (Å²) in [4.78, 5) is 11.2. The molecule has 0 fully saturated rings. The van der Waals surface area contributed by atoms with E-state index in [0.29, 0.717) is 15.0 Å². The van der Waals surface area contributed by atoms with Crippen molar-refractivity contribution in [3.05, 3.63) is 46.7 Å². The van der Waals surface area contributed by atoms with Crippen LogP contribution in [0.4, 0.5) is 4.79 Å². The van der Waals surface area contributed by atoms with Crippen LogP contribution in [0.25, 0.3) is 16.7 Å². The van der Waals surface area contributed by atoms with Crippen molar-refractivity contribution >= 4 is 38.6 Å². The Morgan fingerprint density at radius 1 is 1.32 bits per heavy atom. The Morgan fingerprint density at radius 3 is 2.68 bits per heavy atom. The van der Waals surface area contributed by atoms with Crippen molar-refractivity contribution in [2.45, 2.75) is 20.3 Å². The fraction of sp³-hybridized carbons (Fsp3) is 0.333. The van der Waals surface area contributed by atoms with Gasteiger partial charge in [-0.1, -0.05) is 11.6 Å². The van der Waals surface area contributed by atoms with E-state index < -0.39 is 16.1 Å². The van der Waals surface area contributed by atoms with Crippen LogP contribution in [0.1, 0.15) is 18.2 Å². The molecule has 28 heavy (non-hydrogen) atoms. The maximum absolute atomic E-state index is 12.4. The zero-order chi connectivity index (χ0) is 20.6. The molecule has 0 saturated heterocycles. The second-order valence-corrected chi connectivity index (χ2v) is 8.86. The summed E-state index contributed by atoms with van der Waals surface area (Å²) >= 11 is 6.06. The normalized spacial score (nSPS) is 11.9. The van der Waals surface area contributed by atoms with Crippen molar-refractivity contribution in [1.29, 1.82) is 0 Å². The standard InChI is InChI=1S/C18H21ClN4O4S/c1-4-23(18(24)25)28(26,27)10-8-15-12(2)20-21(3)17(15)22-9-7-13-11-14(19)5-6-16(13)22/h5-7,9,11H,4,8,10H2,1-3H3,(H,24,25). The van der Waals surface area contributed by atoms with Gasteiger partial charge in [0.25, 0.3) is 0 Å². The van der Waals surface area contributed by atoms with Crippen molar-refractivity contribution in [2.75, 3.05) is 12.3 Å². The van der Waals surface area contributed by atoms with Gasteiger partial charge in [0.15, 0.2) is 0 Å². The fourth-order valence-electron chi connectivity index (χ4n) is 3.37. The van der Waals surface area contributed by atoms with Gasteiger partial charge in [-0.25, -0.2) is 17.5 Å². The Morgan fingerprint density at radius 2 is 2.04 bits per heavy atom. The van der Waals surface area contributed by atoms with E-state index in [1.165, 1.54) is 6.92 Å². The monoisotopic (exact) mass is 424 g/mol. The summed E-state index contributed by atoms with van der Waals surface area (Å²) in [6, 6.07) is 7.46. The van der Waals surface area contributed by atoms with Crippen LogP contribution in [0.5, 0.6) is 0 Å². The second-order valence-electron chi connectivity index (χ2n) is 6.41. The topological polar surface area (TPSA) is 97.4 Å². The number of amides is 1. The molecule has 0 aliphatic carbocycles. The lowest BCUT2D eigenvalue weighted by atomic mass is 10.2. The number of aryl methyl sites for hydroxylation is 2. The van der Waals surface area contributed by atoms with E-state index in [-0.39, 0.29) is 18.7 Å². The smallest absolute Gasteiger partial charge is 0.421 e. The van der Waals surface area contributed by atoms with Gasteiger partial charge in [0, 0.05) is 35.8 Å². The average molecular weight is 425 g/mol. The lowest BCUT2D eigenvalue weighted by molar-refractivity contribution is 0.173. The Balaban J connectivity index is 2.01. The Labute approximate surface area is 168 Å². The van der Waals surface area contributed by atoms with Crippen molar-refractivity contribution in [3.63, 3.8) is 0 Å². The summed E-state index contributed by atoms with van der Waals surface area (Å²) in [7, 11) is -2.15. The van der Waals surface area contributed by atoms with E-state index in [1.54, 1.807) is 17.8 Å². The molecule has 3 rings (SSSR count). The molecule has 0 aliphatic heterocycles. The number of hydrogen-bond donors (Lipinski definition) is 1. The maximum atomic E-state index is 12.4. The van der Waals surface area contributed by atoms with Crippen LogP contribution >= 0.6 is 11.6 Å². The van der Waals surface area contributed by atoms with Gasteiger partial charge in [-0.3, -0.25) is 4.68 Å². The number of sulfonamides is 1. The highest BCUT2D eigenvalue weighted by Gasteiger charge is 2.27. The molecule has 0 atom stereocenters. The minimum Gasteiger partial charge on any atom is -0.464 e. The fourth-order valence-corrected chi connectivity index (χ4v) is 4.87. The van der Waals surface area contributed by atoms with Crippen LogP contribution in [0.2, 0.25) is 5.02 Å². The zero-order valence-corrected chi connectivity index (χ0v) is 17.3. The number of carbonyl (C=O) groups is 1.